The molecule has 2 aromatic rings. The van der Waals surface area contributed by atoms with E-state index in [0.29, 0.717) is 19.0 Å². The molecule has 0 bridgehead atoms. The Morgan fingerprint density at radius 3 is 2.54 bits per heavy atom. The zero-order chi connectivity index (χ0) is 19.5. The molecule has 0 unspecified atom stereocenters. The number of ether oxygens (including phenoxy) is 1. The first kappa shape index (κ1) is 18.9. The molecule has 2 saturated heterocycles. The quantitative estimate of drug-likeness (QED) is 0.805. The average molecular weight is 383 g/mol. The summed E-state index contributed by atoms with van der Waals surface area (Å²) in [5.41, 5.74) is 1.69. The van der Waals surface area contributed by atoms with Crippen LogP contribution in [0.5, 0.6) is 5.88 Å². The lowest BCUT2D eigenvalue weighted by Gasteiger charge is -2.38. The summed E-state index contributed by atoms with van der Waals surface area (Å²) >= 11 is 0. The first-order valence-corrected chi connectivity index (χ1v) is 10.3. The van der Waals surface area contributed by atoms with E-state index in [9.17, 15) is 4.79 Å². The van der Waals surface area contributed by atoms with Crippen molar-refractivity contribution in [3.63, 3.8) is 0 Å². The van der Waals surface area contributed by atoms with Gasteiger partial charge in [-0.1, -0.05) is 12.1 Å². The number of rotatable bonds is 4. The van der Waals surface area contributed by atoms with Gasteiger partial charge in [0.15, 0.2) is 5.82 Å². The van der Waals surface area contributed by atoms with Gasteiger partial charge in [0, 0.05) is 39.3 Å². The highest BCUT2D eigenvalue weighted by atomic mass is 16.5. The highest BCUT2D eigenvalue weighted by Crippen LogP contribution is 2.31. The third kappa shape index (κ3) is 3.90. The van der Waals surface area contributed by atoms with E-state index in [-0.39, 0.29) is 11.8 Å². The van der Waals surface area contributed by atoms with Crippen LogP contribution >= 0.6 is 0 Å². The number of aromatic nitrogens is 2. The Kier molecular flexibility index (Phi) is 5.62. The number of benzene rings is 1. The molecule has 3 heterocycles. The molecule has 28 heavy (non-hydrogen) atoms. The minimum absolute atomic E-state index is 0.0138. The van der Waals surface area contributed by atoms with Crippen molar-refractivity contribution in [1.82, 2.24) is 19.8 Å². The zero-order valence-corrected chi connectivity index (χ0v) is 16.8. The molecule has 0 radical (unpaired) electrons. The fourth-order valence-corrected chi connectivity index (χ4v) is 4.07. The van der Waals surface area contributed by atoms with Gasteiger partial charge in [0.2, 0.25) is 5.91 Å². The molecule has 0 saturated carbocycles. The van der Waals surface area contributed by atoms with Crippen molar-refractivity contribution in [3.05, 3.63) is 24.3 Å². The van der Waals surface area contributed by atoms with E-state index < -0.39 is 0 Å². The first-order valence-electron chi connectivity index (χ1n) is 10.3. The van der Waals surface area contributed by atoms with Crippen LogP contribution in [0.2, 0.25) is 0 Å². The number of piperazine rings is 1. The van der Waals surface area contributed by atoms with Crippen molar-refractivity contribution in [2.45, 2.75) is 19.8 Å². The van der Waals surface area contributed by atoms with Gasteiger partial charge in [-0.25, -0.2) is 9.97 Å². The van der Waals surface area contributed by atoms with E-state index in [4.69, 9.17) is 9.72 Å². The van der Waals surface area contributed by atoms with Gasteiger partial charge in [-0.3, -0.25) is 4.79 Å². The van der Waals surface area contributed by atoms with Crippen molar-refractivity contribution in [2.75, 3.05) is 57.8 Å². The molecule has 7 nitrogen and oxygen atoms in total. The summed E-state index contributed by atoms with van der Waals surface area (Å²) in [5, 5.41) is 0. The Bertz CT molecular complexity index is 835. The predicted molar refractivity (Wildman–Crippen MR) is 110 cm³/mol. The SMILES string of the molecule is CCOc1nc2ccccc2nc1N1CCC[C@@H](C(=O)N2CCN(C)CC2)C1. The van der Waals surface area contributed by atoms with E-state index in [0.717, 1.165) is 62.4 Å². The molecule has 2 fully saturated rings. The molecule has 7 heteroatoms. The van der Waals surface area contributed by atoms with Gasteiger partial charge >= 0.3 is 0 Å². The number of carbonyl (C=O) groups excluding carboxylic acids is 1. The summed E-state index contributed by atoms with van der Waals surface area (Å²) in [6, 6.07) is 7.85. The minimum atomic E-state index is 0.0138. The van der Waals surface area contributed by atoms with E-state index in [1.54, 1.807) is 0 Å². The van der Waals surface area contributed by atoms with Gasteiger partial charge in [-0.2, -0.15) is 0 Å². The van der Waals surface area contributed by atoms with Crippen LogP contribution in [0.1, 0.15) is 19.8 Å². The Morgan fingerprint density at radius 2 is 1.82 bits per heavy atom. The highest BCUT2D eigenvalue weighted by molar-refractivity contribution is 5.81. The van der Waals surface area contributed by atoms with Gasteiger partial charge in [0.1, 0.15) is 0 Å². The standard InChI is InChI=1S/C21H29N5O2/c1-3-28-20-19(22-17-8-4-5-9-18(17)23-20)26-10-6-7-16(15-26)21(27)25-13-11-24(2)12-14-25/h4-5,8-9,16H,3,6-7,10-15H2,1-2H3/t16-/m1/s1. The molecule has 2 aliphatic heterocycles. The van der Waals surface area contributed by atoms with Crippen LogP contribution in [0.25, 0.3) is 11.0 Å². The van der Waals surface area contributed by atoms with Crippen LogP contribution in [-0.4, -0.2) is 78.6 Å². The number of piperidine rings is 1. The second-order valence-corrected chi connectivity index (χ2v) is 7.69. The fourth-order valence-electron chi connectivity index (χ4n) is 4.07. The summed E-state index contributed by atoms with van der Waals surface area (Å²) in [4.78, 5) is 29.1. The van der Waals surface area contributed by atoms with E-state index in [1.807, 2.05) is 36.1 Å². The number of carbonyl (C=O) groups is 1. The lowest BCUT2D eigenvalue weighted by molar-refractivity contribution is -0.137. The molecule has 1 amide bonds. The second-order valence-electron chi connectivity index (χ2n) is 7.69. The molecule has 1 aromatic heterocycles. The number of amides is 1. The Hall–Kier alpha value is -2.41. The normalized spacial score (nSPS) is 21.1. The van der Waals surface area contributed by atoms with Crippen molar-refractivity contribution in [2.24, 2.45) is 5.92 Å². The number of likely N-dealkylation sites (N-methyl/N-ethyl adjacent to an activating group) is 1. The van der Waals surface area contributed by atoms with Gasteiger partial charge < -0.3 is 19.4 Å². The van der Waals surface area contributed by atoms with Gasteiger partial charge in [0.05, 0.1) is 23.6 Å². The molecular weight excluding hydrogens is 354 g/mol. The maximum absolute atomic E-state index is 13.1. The van der Waals surface area contributed by atoms with Crippen LogP contribution in [0, 0.1) is 5.92 Å². The summed E-state index contributed by atoms with van der Waals surface area (Å²) in [7, 11) is 2.11. The molecule has 2 aliphatic rings. The van der Waals surface area contributed by atoms with Crippen molar-refractivity contribution >= 4 is 22.8 Å². The summed E-state index contributed by atoms with van der Waals surface area (Å²) in [5.74, 6) is 1.62. The number of hydrogen-bond donors (Lipinski definition) is 0. The van der Waals surface area contributed by atoms with E-state index in [1.165, 1.54) is 0 Å². The third-order valence-corrected chi connectivity index (χ3v) is 5.69. The number of fused-ring (bicyclic) bond motifs is 1. The first-order chi connectivity index (χ1) is 13.7. The molecule has 0 spiro atoms. The Morgan fingerprint density at radius 1 is 1.11 bits per heavy atom. The third-order valence-electron chi connectivity index (χ3n) is 5.69. The number of hydrogen-bond acceptors (Lipinski definition) is 6. The van der Waals surface area contributed by atoms with E-state index >= 15 is 0 Å². The molecule has 1 atom stereocenters. The van der Waals surface area contributed by atoms with Crippen LogP contribution in [0.4, 0.5) is 5.82 Å². The summed E-state index contributed by atoms with van der Waals surface area (Å²) < 4.78 is 5.81. The number of para-hydroxylation sites is 2. The fraction of sp³-hybridized carbons (Fsp3) is 0.571. The Labute approximate surface area is 166 Å². The lowest BCUT2D eigenvalue weighted by Crippen LogP contribution is -2.51. The molecule has 1 aromatic carbocycles. The monoisotopic (exact) mass is 383 g/mol. The predicted octanol–water partition coefficient (Wildman–Crippen LogP) is 2.02. The highest BCUT2D eigenvalue weighted by Gasteiger charge is 2.32. The van der Waals surface area contributed by atoms with Gasteiger partial charge in [-0.15, -0.1) is 0 Å². The van der Waals surface area contributed by atoms with E-state index in [2.05, 4.69) is 21.8 Å². The topological polar surface area (TPSA) is 61.8 Å². The summed E-state index contributed by atoms with van der Waals surface area (Å²) in [6.07, 6.45) is 1.91. The smallest absolute Gasteiger partial charge is 0.258 e. The van der Waals surface area contributed by atoms with Crippen LogP contribution in [-0.2, 0) is 4.79 Å². The van der Waals surface area contributed by atoms with Crippen LogP contribution < -0.4 is 9.64 Å². The summed E-state index contributed by atoms with van der Waals surface area (Å²) in [6.45, 7) is 7.60. The van der Waals surface area contributed by atoms with Gasteiger partial charge in [-0.05, 0) is 38.9 Å². The number of nitrogens with zero attached hydrogens (tertiary/aromatic N) is 5. The molecule has 150 valence electrons. The average Bonchev–Trinajstić information content (AvgIpc) is 2.73. The Balaban J connectivity index is 1.55. The van der Waals surface area contributed by atoms with Crippen molar-refractivity contribution in [3.8, 4) is 5.88 Å². The molecular formula is C21H29N5O2. The molecule has 0 N–H and O–H groups in total. The maximum atomic E-state index is 13.1. The van der Waals surface area contributed by atoms with Crippen molar-refractivity contribution in [1.29, 1.82) is 0 Å². The number of anilines is 1. The largest absolute Gasteiger partial charge is 0.475 e. The van der Waals surface area contributed by atoms with Crippen LogP contribution in [0.15, 0.2) is 24.3 Å². The van der Waals surface area contributed by atoms with Gasteiger partial charge in [0.25, 0.3) is 5.88 Å². The minimum Gasteiger partial charge on any atom is -0.475 e. The second kappa shape index (κ2) is 8.31. The molecule has 4 rings (SSSR count). The van der Waals surface area contributed by atoms with Crippen molar-refractivity contribution < 1.29 is 9.53 Å². The zero-order valence-electron chi connectivity index (χ0n) is 16.8. The van der Waals surface area contributed by atoms with Crippen LogP contribution in [0.3, 0.4) is 0 Å². The molecule has 0 aliphatic carbocycles. The maximum Gasteiger partial charge on any atom is 0.258 e. The lowest BCUT2D eigenvalue weighted by atomic mass is 9.96.